The molecule has 0 spiro atoms. The first-order valence-corrected chi connectivity index (χ1v) is 9.24. The number of hydrogen-bond acceptors (Lipinski definition) is 3. The highest BCUT2D eigenvalue weighted by atomic mass is 16.5. The van der Waals surface area contributed by atoms with Crippen LogP contribution in [0.25, 0.3) is 0 Å². The fraction of sp³-hybridized carbons (Fsp3) is 0.650. The topological polar surface area (TPSA) is 46.1 Å². The molecule has 0 aromatic heterocycles. The Kier molecular flexibility index (Phi) is 6.97. The Labute approximate surface area is 152 Å². The van der Waals surface area contributed by atoms with E-state index in [0.717, 1.165) is 30.5 Å². The zero-order valence-corrected chi connectivity index (χ0v) is 16.4. The van der Waals surface area contributed by atoms with Crippen LogP contribution in [0.15, 0.2) is 23.2 Å². The molecule has 1 fully saturated rings. The van der Waals surface area contributed by atoms with E-state index in [-0.39, 0.29) is 5.41 Å². The van der Waals surface area contributed by atoms with E-state index in [1.807, 2.05) is 20.2 Å². The number of ether oxygens (including phenoxy) is 2. The molecule has 1 saturated carbocycles. The first-order valence-electron chi connectivity index (χ1n) is 9.24. The van der Waals surface area contributed by atoms with Gasteiger partial charge in [0.1, 0.15) is 0 Å². The third kappa shape index (κ3) is 4.59. The highest BCUT2D eigenvalue weighted by molar-refractivity contribution is 5.79. The van der Waals surface area contributed by atoms with Crippen molar-refractivity contribution in [2.75, 3.05) is 41.4 Å². The van der Waals surface area contributed by atoms with Crippen molar-refractivity contribution >= 4 is 5.96 Å². The van der Waals surface area contributed by atoms with Crippen molar-refractivity contribution in [2.24, 2.45) is 4.99 Å². The lowest BCUT2D eigenvalue weighted by Gasteiger charge is -2.37. The fourth-order valence-electron chi connectivity index (χ4n) is 3.67. The number of benzene rings is 1. The van der Waals surface area contributed by atoms with Crippen LogP contribution in [0.1, 0.15) is 44.6 Å². The zero-order valence-electron chi connectivity index (χ0n) is 16.4. The van der Waals surface area contributed by atoms with Crippen molar-refractivity contribution in [2.45, 2.75) is 44.4 Å². The van der Waals surface area contributed by atoms with Crippen molar-refractivity contribution < 1.29 is 9.47 Å². The monoisotopic (exact) mass is 347 g/mol. The van der Waals surface area contributed by atoms with Gasteiger partial charge in [-0.15, -0.1) is 0 Å². The Morgan fingerprint density at radius 3 is 2.36 bits per heavy atom. The second kappa shape index (κ2) is 8.97. The summed E-state index contributed by atoms with van der Waals surface area (Å²) in [6.07, 6.45) is 6.15. The minimum atomic E-state index is 0.0779. The number of aliphatic imine (C=N–C) groups is 1. The average Bonchev–Trinajstić information content (AvgIpc) is 2.65. The molecule has 0 bridgehead atoms. The normalized spacial score (nSPS) is 17.1. The summed E-state index contributed by atoms with van der Waals surface area (Å²) in [6, 6.07) is 6.35. The molecule has 1 aliphatic carbocycles. The van der Waals surface area contributed by atoms with Gasteiger partial charge >= 0.3 is 0 Å². The summed E-state index contributed by atoms with van der Waals surface area (Å²) in [7, 11) is 7.44. The number of rotatable bonds is 6. The number of nitrogens with one attached hydrogen (secondary N) is 1. The zero-order chi connectivity index (χ0) is 18.3. The molecule has 0 saturated heterocycles. The highest BCUT2D eigenvalue weighted by Crippen LogP contribution is 2.42. The average molecular weight is 348 g/mol. The number of methoxy groups -OCH3 is 2. The minimum Gasteiger partial charge on any atom is -0.493 e. The molecule has 0 atom stereocenters. The minimum absolute atomic E-state index is 0.0779. The summed E-state index contributed by atoms with van der Waals surface area (Å²) in [4.78, 5) is 6.99. The van der Waals surface area contributed by atoms with Gasteiger partial charge in [0.25, 0.3) is 0 Å². The van der Waals surface area contributed by atoms with E-state index in [2.05, 4.69) is 29.3 Å². The predicted molar refractivity (Wildman–Crippen MR) is 104 cm³/mol. The summed E-state index contributed by atoms with van der Waals surface area (Å²) in [5, 5.41) is 3.36. The Morgan fingerprint density at radius 2 is 1.80 bits per heavy atom. The van der Waals surface area contributed by atoms with E-state index in [1.54, 1.807) is 14.2 Å². The maximum atomic E-state index is 5.53. The smallest absolute Gasteiger partial charge is 0.193 e. The summed E-state index contributed by atoms with van der Waals surface area (Å²) < 4.78 is 10.9. The van der Waals surface area contributed by atoms with Crippen LogP contribution in [0.3, 0.4) is 0 Å². The van der Waals surface area contributed by atoms with Gasteiger partial charge in [-0.3, -0.25) is 4.99 Å². The Hall–Kier alpha value is -1.91. The van der Waals surface area contributed by atoms with Gasteiger partial charge in [-0.1, -0.05) is 25.3 Å². The molecule has 0 unspecified atom stereocenters. The standard InChI is InChI=1S/C20H33N3O2/c1-6-21-19(23(2)3)22-15-20(12-8-7-9-13-20)16-10-11-17(24-4)18(14-16)25-5/h10-11,14H,6-9,12-13,15H2,1-5H3,(H,21,22). The summed E-state index contributed by atoms with van der Waals surface area (Å²) >= 11 is 0. The van der Waals surface area contributed by atoms with Crippen LogP contribution in [-0.4, -0.2) is 52.3 Å². The van der Waals surface area contributed by atoms with Gasteiger partial charge in [0, 0.05) is 26.1 Å². The Balaban J connectivity index is 2.36. The fourth-order valence-corrected chi connectivity index (χ4v) is 3.67. The van der Waals surface area contributed by atoms with Gasteiger partial charge in [0.2, 0.25) is 0 Å². The van der Waals surface area contributed by atoms with Gasteiger partial charge in [-0.25, -0.2) is 0 Å². The Morgan fingerprint density at radius 1 is 1.12 bits per heavy atom. The van der Waals surface area contributed by atoms with Crippen LogP contribution in [0.4, 0.5) is 0 Å². The molecule has 140 valence electrons. The van der Waals surface area contributed by atoms with Crippen LogP contribution < -0.4 is 14.8 Å². The number of hydrogen-bond donors (Lipinski definition) is 1. The molecule has 0 aliphatic heterocycles. The third-order valence-electron chi connectivity index (χ3n) is 5.10. The van der Waals surface area contributed by atoms with E-state index < -0.39 is 0 Å². The molecule has 2 rings (SSSR count). The van der Waals surface area contributed by atoms with Crippen LogP contribution >= 0.6 is 0 Å². The van der Waals surface area contributed by atoms with Crippen molar-refractivity contribution in [3.05, 3.63) is 23.8 Å². The van der Waals surface area contributed by atoms with E-state index in [9.17, 15) is 0 Å². The lowest BCUT2D eigenvalue weighted by atomic mass is 9.69. The molecule has 25 heavy (non-hydrogen) atoms. The van der Waals surface area contributed by atoms with Crippen LogP contribution in [-0.2, 0) is 5.41 Å². The largest absolute Gasteiger partial charge is 0.493 e. The molecule has 5 heteroatoms. The van der Waals surface area contributed by atoms with Crippen LogP contribution in [0, 0.1) is 0 Å². The molecule has 1 N–H and O–H groups in total. The first kappa shape index (κ1) is 19.4. The molecule has 5 nitrogen and oxygen atoms in total. The maximum Gasteiger partial charge on any atom is 0.193 e. The second-order valence-electron chi connectivity index (χ2n) is 6.98. The van der Waals surface area contributed by atoms with Gasteiger partial charge in [-0.05, 0) is 37.5 Å². The summed E-state index contributed by atoms with van der Waals surface area (Å²) in [6.45, 7) is 3.77. The van der Waals surface area contributed by atoms with Crippen LogP contribution in [0.2, 0.25) is 0 Å². The first-order chi connectivity index (χ1) is 12.1. The van der Waals surface area contributed by atoms with Gasteiger partial charge in [-0.2, -0.15) is 0 Å². The van der Waals surface area contributed by atoms with Crippen molar-refractivity contribution in [1.29, 1.82) is 0 Å². The summed E-state index contributed by atoms with van der Waals surface area (Å²) in [5.74, 6) is 2.53. The second-order valence-corrected chi connectivity index (χ2v) is 6.98. The molecule has 1 aromatic rings. The quantitative estimate of drug-likeness (QED) is 0.632. The third-order valence-corrected chi connectivity index (χ3v) is 5.10. The number of nitrogens with zero attached hydrogens (tertiary/aromatic N) is 2. The lowest BCUT2D eigenvalue weighted by molar-refractivity contribution is 0.297. The maximum absolute atomic E-state index is 5.53. The molecule has 1 aromatic carbocycles. The van der Waals surface area contributed by atoms with E-state index in [1.165, 1.54) is 37.7 Å². The number of guanidine groups is 1. The van der Waals surface area contributed by atoms with E-state index >= 15 is 0 Å². The van der Waals surface area contributed by atoms with Crippen molar-refractivity contribution in [1.82, 2.24) is 10.2 Å². The van der Waals surface area contributed by atoms with E-state index in [0.29, 0.717) is 0 Å². The molecule has 0 heterocycles. The van der Waals surface area contributed by atoms with Crippen LogP contribution in [0.5, 0.6) is 11.5 Å². The predicted octanol–water partition coefficient (Wildman–Crippen LogP) is 3.43. The van der Waals surface area contributed by atoms with Gasteiger partial charge in [0.05, 0.1) is 20.8 Å². The van der Waals surface area contributed by atoms with Crippen molar-refractivity contribution in [3.63, 3.8) is 0 Å². The Bertz CT molecular complexity index is 578. The highest BCUT2D eigenvalue weighted by Gasteiger charge is 2.34. The summed E-state index contributed by atoms with van der Waals surface area (Å²) in [5.41, 5.74) is 1.39. The van der Waals surface area contributed by atoms with E-state index in [4.69, 9.17) is 14.5 Å². The lowest BCUT2D eigenvalue weighted by Crippen LogP contribution is -2.39. The molecule has 0 amide bonds. The van der Waals surface area contributed by atoms with Gasteiger partial charge < -0.3 is 19.7 Å². The SMILES string of the molecule is CCNC(=NCC1(c2ccc(OC)c(OC)c2)CCCCC1)N(C)C. The van der Waals surface area contributed by atoms with Crippen molar-refractivity contribution in [3.8, 4) is 11.5 Å². The molecule has 1 aliphatic rings. The molecular weight excluding hydrogens is 314 g/mol. The van der Waals surface area contributed by atoms with Gasteiger partial charge in [0.15, 0.2) is 17.5 Å². The molecule has 0 radical (unpaired) electrons. The molecular formula is C20H33N3O2.